The number of phenols is 1. The Morgan fingerprint density at radius 2 is 1.72 bits per heavy atom. The molecule has 5 rings (SSSR count). The van der Waals surface area contributed by atoms with E-state index in [1.807, 2.05) is 59.3 Å². The van der Waals surface area contributed by atoms with Crippen LogP contribution in [0.4, 0.5) is 17.2 Å². The number of rotatable bonds is 8. The van der Waals surface area contributed by atoms with Crippen molar-refractivity contribution in [2.45, 2.75) is 0 Å². The van der Waals surface area contributed by atoms with Crippen LogP contribution in [0, 0.1) is 0 Å². The van der Waals surface area contributed by atoms with Gasteiger partial charge in [-0.25, -0.2) is 9.97 Å². The molecule has 8 nitrogen and oxygen atoms in total. The van der Waals surface area contributed by atoms with Gasteiger partial charge < -0.3 is 29.6 Å². The number of nitrogens with zero attached hydrogens (tertiary/aromatic N) is 3. The molecular weight excluding hydrogens is 454 g/mol. The number of methoxy groups -OCH3 is 2. The number of benzene rings is 3. The topological polar surface area (TPSA) is 92.9 Å². The van der Waals surface area contributed by atoms with Crippen LogP contribution in [0.5, 0.6) is 17.2 Å². The zero-order valence-electron chi connectivity index (χ0n) is 19.9. The Kier molecular flexibility index (Phi) is 6.15. The fourth-order valence-corrected chi connectivity index (χ4v) is 3.86. The summed E-state index contributed by atoms with van der Waals surface area (Å²) < 4.78 is 12.7. The highest BCUT2D eigenvalue weighted by molar-refractivity contribution is 5.79. The highest BCUT2D eigenvalue weighted by Gasteiger charge is 2.12. The largest absolute Gasteiger partial charge is 0.508 e. The predicted molar refractivity (Wildman–Crippen MR) is 142 cm³/mol. The number of phenolic OH excluding ortho intramolecular Hbond substituents is 1. The fraction of sp³-hybridized carbons (Fsp3) is 0.0714. The van der Waals surface area contributed by atoms with Crippen LogP contribution in [-0.4, -0.2) is 33.7 Å². The van der Waals surface area contributed by atoms with E-state index in [-0.39, 0.29) is 5.75 Å². The minimum Gasteiger partial charge on any atom is -0.508 e. The Morgan fingerprint density at radius 1 is 0.944 bits per heavy atom. The number of aromatic hydroxyl groups is 1. The Bertz CT molecular complexity index is 1540. The van der Waals surface area contributed by atoms with Gasteiger partial charge in [-0.3, -0.25) is 0 Å². The first-order valence-corrected chi connectivity index (χ1v) is 11.2. The van der Waals surface area contributed by atoms with E-state index in [0.29, 0.717) is 23.0 Å². The number of anilines is 3. The third kappa shape index (κ3) is 4.65. The second-order valence-corrected chi connectivity index (χ2v) is 8.06. The maximum absolute atomic E-state index is 9.51. The van der Waals surface area contributed by atoms with Gasteiger partial charge >= 0.3 is 0 Å². The van der Waals surface area contributed by atoms with Crippen molar-refractivity contribution in [3.8, 4) is 28.5 Å². The molecule has 0 aliphatic rings. The van der Waals surface area contributed by atoms with E-state index in [4.69, 9.17) is 14.5 Å². The van der Waals surface area contributed by atoms with Crippen molar-refractivity contribution in [2.24, 2.45) is 0 Å². The minimum absolute atomic E-state index is 0.214. The predicted octanol–water partition coefficient (Wildman–Crippen LogP) is 5.95. The smallest absolute Gasteiger partial charge is 0.180 e. The third-order valence-electron chi connectivity index (χ3n) is 5.69. The zero-order valence-corrected chi connectivity index (χ0v) is 19.9. The Morgan fingerprint density at radius 3 is 2.50 bits per heavy atom. The van der Waals surface area contributed by atoms with Crippen LogP contribution in [0.3, 0.4) is 0 Å². The number of imidazole rings is 1. The first-order chi connectivity index (χ1) is 17.5. The summed E-state index contributed by atoms with van der Waals surface area (Å²) in [6.07, 6.45) is 5.56. The summed E-state index contributed by atoms with van der Waals surface area (Å²) in [4.78, 5) is 9.35. The molecule has 3 N–H and O–H groups in total. The van der Waals surface area contributed by atoms with Gasteiger partial charge in [-0.05, 0) is 48.0 Å². The van der Waals surface area contributed by atoms with E-state index in [9.17, 15) is 5.11 Å². The molecule has 2 aromatic heterocycles. The molecule has 8 heteroatoms. The van der Waals surface area contributed by atoms with Crippen LogP contribution in [0.25, 0.3) is 22.6 Å². The highest BCUT2D eigenvalue weighted by Crippen LogP contribution is 2.32. The molecule has 0 unspecified atom stereocenters. The maximum atomic E-state index is 9.51. The van der Waals surface area contributed by atoms with Gasteiger partial charge in [0.1, 0.15) is 5.75 Å². The van der Waals surface area contributed by atoms with Crippen LogP contribution >= 0.6 is 0 Å². The van der Waals surface area contributed by atoms with E-state index in [0.717, 1.165) is 33.9 Å². The lowest BCUT2D eigenvalue weighted by Crippen LogP contribution is -2.01. The standard InChI is InChI=1S/C28H25N5O3/c1-18(30-21-7-10-23(34)11-8-21)19-5-4-6-20(15-19)24-17-33-14-13-29-28(33)27(32-24)31-22-9-12-25(35-2)26(16-22)36-3/h4-17,30,34H,1H2,2-3H3,(H,31,32). The van der Waals surface area contributed by atoms with E-state index in [1.165, 1.54) is 0 Å². The summed E-state index contributed by atoms with van der Waals surface area (Å²) >= 11 is 0. The molecule has 0 spiro atoms. The molecule has 36 heavy (non-hydrogen) atoms. The number of fused-ring (bicyclic) bond motifs is 1. The number of nitrogens with one attached hydrogen (secondary N) is 2. The molecule has 2 heterocycles. The second kappa shape index (κ2) is 9.71. The third-order valence-corrected chi connectivity index (χ3v) is 5.69. The van der Waals surface area contributed by atoms with Crippen molar-refractivity contribution in [1.82, 2.24) is 14.4 Å². The molecule has 180 valence electrons. The van der Waals surface area contributed by atoms with Crippen molar-refractivity contribution in [3.05, 3.63) is 97.5 Å². The summed E-state index contributed by atoms with van der Waals surface area (Å²) in [5.41, 5.74) is 5.67. The summed E-state index contributed by atoms with van der Waals surface area (Å²) in [7, 11) is 3.21. The van der Waals surface area contributed by atoms with Crippen molar-refractivity contribution >= 4 is 28.5 Å². The lowest BCUT2D eigenvalue weighted by molar-refractivity contribution is 0.355. The number of hydrogen-bond acceptors (Lipinski definition) is 7. The van der Waals surface area contributed by atoms with Crippen LogP contribution in [-0.2, 0) is 0 Å². The molecule has 5 aromatic rings. The molecule has 0 saturated heterocycles. The molecular formula is C28H25N5O3. The lowest BCUT2D eigenvalue weighted by atomic mass is 10.1. The molecule has 0 amide bonds. The van der Waals surface area contributed by atoms with Crippen LogP contribution in [0.15, 0.2) is 91.9 Å². The first kappa shape index (κ1) is 22.8. The quantitative estimate of drug-likeness (QED) is 0.237. The van der Waals surface area contributed by atoms with E-state index in [1.54, 1.807) is 44.7 Å². The molecule has 0 radical (unpaired) electrons. The summed E-state index contributed by atoms with van der Waals surface area (Å²) in [6.45, 7) is 4.18. The van der Waals surface area contributed by atoms with Crippen LogP contribution in [0.2, 0.25) is 0 Å². The minimum atomic E-state index is 0.214. The van der Waals surface area contributed by atoms with Crippen LogP contribution < -0.4 is 20.1 Å². The van der Waals surface area contributed by atoms with Gasteiger partial charge in [-0.2, -0.15) is 0 Å². The highest BCUT2D eigenvalue weighted by atomic mass is 16.5. The number of aromatic nitrogens is 3. The zero-order chi connectivity index (χ0) is 25.1. The van der Waals surface area contributed by atoms with Crippen molar-refractivity contribution in [3.63, 3.8) is 0 Å². The van der Waals surface area contributed by atoms with Crippen molar-refractivity contribution < 1.29 is 14.6 Å². The summed E-state index contributed by atoms with van der Waals surface area (Å²) in [5, 5.41) is 16.2. The van der Waals surface area contributed by atoms with Gasteiger partial charge in [0, 0.05) is 47.3 Å². The SMILES string of the molecule is C=C(Nc1ccc(O)cc1)c1cccc(-c2cn3ccnc3c(Nc3ccc(OC)c(OC)c3)n2)c1. The molecule has 0 fully saturated rings. The van der Waals surface area contributed by atoms with Gasteiger partial charge in [0.25, 0.3) is 0 Å². The lowest BCUT2D eigenvalue weighted by Gasteiger charge is -2.14. The Hall–Kier alpha value is -4.98. The van der Waals surface area contributed by atoms with E-state index in [2.05, 4.69) is 22.2 Å². The number of ether oxygens (including phenoxy) is 2. The van der Waals surface area contributed by atoms with Gasteiger partial charge in [-0.15, -0.1) is 0 Å². The van der Waals surface area contributed by atoms with Crippen molar-refractivity contribution in [1.29, 1.82) is 0 Å². The average Bonchev–Trinajstić information content (AvgIpc) is 3.39. The average molecular weight is 480 g/mol. The number of hydrogen-bond donors (Lipinski definition) is 3. The molecule has 0 aliphatic carbocycles. The van der Waals surface area contributed by atoms with E-state index >= 15 is 0 Å². The first-order valence-electron chi connectivity index (χ1n) is 11.2. The van der Waals surface area contributed by atoms with Gasteiger partial charge in [0.2, 0.25) is 0 Å². The molecule has 0 aliphatic heterocycles. The van der Waals surface area contributed by atoms with Gasteiger partial charge in [0.05, 0.1) is 19.9 Å². The Balaban J connectivity index is 1.47. The Labute approximate surface area is 208 Å². The summed E-state index contributed by atoms with van der Waals surface area (Å²) in [6, 6.07) is 20.4. The molecule has 0 atom stereocenters. The molecule has 3 aromatic carbocycles. The fourth-order valence-electron chi connectivity index (χ4n) is 3.86. The summed E-state index contributed by atoms with van der Waals surface area (Å²) in [5.74, 6) is 2.09. The normalized spacial score (nSPS) is 10.7. The second-order valence-electron chi connectivity index (χ2n) is 8.06. The van der Waals surface area contributed by atoms with Crippen LogP contribution in [0.1, 0.15) is 5.56 Å². The van der Waals surface area contributed by atoms with Crippen molar-refractivity contribution in [2.75, 3.05) is 24.9 Å². The van der Waals surface area contributed by atoms with E-state index < -0.39 is 0 Å². The van der Waals surface area contributed by atoms with Gasteiger partial charge in [0.15, 0.2) is 23.0 Å². The molecule has 0 saturated carbocycles. The van der Waals surface area contributed by atoms with Gasteiger partial charge in [-0.1, -0.05) is 24.8 Å². The monoisotopic (exact) mass is 479 g/mol. The molecule has 0 bridgehead atoms. The maximum Gasteiger partial charge on any atom is 0.180 e.